The average molecular weight is 482 g/mol. The quantitative estimate of drug-likeness (QED) is 0.548. The molecule has 2 aliphatic rings. The maximum absolute atomic E-state index is 14.7. The number of aromatic nitrogens is 2. The van der Waals surface area contributed by atoms with Crippen molar-refractivity contribution in [1.82, 2.24) is 15.3 Å². The molecule has 11 heteroatoms. The van der Waals surface area contributed by atoms with Crippen molar-refractivity contribution in [2.75, 3.05) is 18.5 Å². The Balaban J connectivity index is 1.62. The predicted octanol–water partition coefficient (Wildman–Crippen LogP) is 4.24. The van der Waals surface area contributed by atoms with Gasteiger partial charge in [-0.3, -0.25) is 4.79 Å². The van der Waals surface area contributed by atoms with E-state index in [1.54, 1.807) is 13.8 Å². The van der Waals surface area contributed by atoms with Gasteiger partial charge in [0.25, 0.3) is 6.43 Å². The van der Waals surface area contributed by atoms with E-state index < -0.39 is 36.3 Å². The second-order valence-electron chi connectivity index (χ2n) is 8.48. The molecular formula is C23H26F4N4O3. The maximum atomic E-state index is 14.7. The summed E-state index contributed by atoms with van der Waals surface area (Å²) in [6.45, 7) is 3.89. The number of amides is 1. The van der Waals surface area contributed by atoms with Crippen LogP contribution >= 0.6 is 0 Å². The summed E-state index contributed by atoms with van der Waals surface area (Å²) in [5.41, 5.74) is 0.0897. The predicted molar refractivity (Wildman–Crippen MR) is 115 cm³/mol. The van der Waals surface area contributed by atoms with Gasteiger partial charge in [0.1, 0.15) is 23.6 Å². The molecule has 2 heterocycles. The van der Waals surface area contributed by atoms with Crippen molar-refractivity contribution >= 4 is 11.7 Å². The van der Waals surface area contributed by atoms with Gasteiger partial charge in [-0.15, -0.1) is 0 Å². The van der Waals surface area contributed by atoms with Crippen molar-refractivity contribution < 1.29 is 31.8 Å². The Morgan fingerprint density at radius 2 is 1.85 bits per heavy atom. The van der Waals surface area contributed by atoms with Crippen LogP contribution in [0.4, 0.5) is 23.4 Å². The maximum Gasteiger partial charge on any atom is 0.266 e. The van der Waals surface area contributed by atoms with Gasteiger partial charge in [0.2, 0.25) is 5.91 Å². The zero-order valence-electron chi connectivity index (χ0n) is 18.8. The first kappa shape index (κ1) is 24.3. The highest BCUT2D eigenvalue weighted by Gasteiger charge is 2.32. The van der Waals surface area contributed by atoms with E-state index in [4.69, 9.17) is 9.47 Å². The van der Waals surface area contributed by atoms with E-state index in [1.165, 1.54) is 12.1 Å². The molecule has 1 aromatic carbocycles. The van der Waals surface area contributed by atoms with Gasteiger partial charge in [-0.2, -0.15) is 0 Å². The Hall–Kier alpha value is -2.79. The molecule has 1 aliphatic heterocycles. The molecule has 1 saturated carbocycles. The molecule has 0 spiro atoms. The number of halogens is 4. The Labute approximate surface area is 194 Å². The zero-order valence-corrected chi connectivity index (χ0v) is 18.8. The van der Waals surface area contributed by atoms with Crippen molar-refractivity contribution in [3.8, 4) is 0 Å². The molecule has 1 saturated heterocycles. The zero-order chi connectivity index (χ0) is 24.4. The minimum atomic E-state index is -2.95. The summed E-state index contributed by atoms with van der Waals surface area (Å²) in [5.74, 6) is -0.731. The second-order valence-corrected chi connectivity index (χ2v) is 8.48. The molecule has 4 rings (SSSR count). The van der Waals surface area contributed by atoms with E-state index in [-0.39, 0.29) is 42.6 Å². The largest absolute Gasteiger partial charge is 0.363 e. The lowest BCUT2D eigenvalue weighted by molar-refractivity contribution is -0.122. The molecule has 0 bridgehead atoms. The van der Waals surface area contributed by atoms with Crippen LogP contribution in [0.5, 0.6) is 0 Å². The van der Waals surface area contributed by atoms with Crippen molar-refractivity contribution in [3.05, 3.63) is 52.2 Å². The number of ether oxygens (including phenoxy) is 2. The fourth-order valence-corrected chi connectivity index (χ4v) is 4.11. The van der Waals surface area contributed by atoms with Gasteiger partial charge in [-0.1, -0.05) is 18.2 Å². The van der Waals surface area contributed by atoms with Crippen molar-refractivity contribution in [2.24, 2.45) is 0 Å². The minimum Gasteiger partial charge on any atom is -0.363 e. The summed E-state index contributed by atoms with van der Waals surface area (Å²) < 4.78 is 65.4. The summed E-state index contributed by atoms with van der Waals surface area (Å²) in [7, 11) is 0. The molecule has 34 heavy (non-hydrogen) atoms. The third-order valence-electron chi connectivity index (χ3n) is 5.88. The van der Waals surface area contributed by atoms with Gasteiger partial charge < -0.3 is 20.1 Å². The number of rotatable bonds is 8. The highest BCUT2D eigenvalue weighted by atomic mass is 19.3. The number of hydrogen-bond acceptors (Lipinski definition) is 6. The summed E-state index contributed by atoms with van der Waals surface area (Å²) in [6.07, 6.45) is -4.25. The Morgan fingerprint density at radius 3 is 2.50 bits per heavy atom. The molecule has 184 valence electrons. The van der Waals surface area contributed by atoms with Gasteiger partial charge in [-0.25, -0.2) is 27.5 Å². The fraction of sp³-hybridized carbons (Fsp3) is 0.522. The number of carbonyl (C=O) groups is 1. The second kappa shape index (κ2) is 10.2. The van der Waals surface area contributed by atoms with Crippen LogP contribution in [-0.2, 0) is 20.7 Å². The van der Waals surface area contributed by atoms with Gasteiger partial charge in [0.05, 0.1) is 42.5 Å². The molecule has 1 aromatic heterocycles. The fourth-order valence-electron chi connectivity index (χ4n) is 4.11. The molecule has 2 aromatic rings. The lowest BCUT2D eigenvalue weighted by Crippen LogP contribution is -2.45. The summed E-state index contributed by atoms with van der Waals surface area (Å²) >= 11 is 0. The molecule has 0 unspecified atom stereocenters. The molecule has 2 fully saturated rings. The Kier molecular flexibility index (Phi) is 7.32. The first-order valence-corrected chi connectivity index (χ1v) is 11.1. The molecule has 1 amide bonds. The third-order valence-corrected chi connectivity index (χ3v) is 5.88. The van der Waals surface area contributed by atoms with Crippen LogP contribution in [-0.4, -0.2) is 41.3 Å². The van der Waals surface area contributed by atoms with Crippen LogP contribution in [0.25, 0.3) is 0 Å². The van der Waals surface area contributed by atoms with Crippen molar-refractivity contribution in [2.45, 2.75) is 64.1 Å². The van der Waals surface area contributed by atoms with Crippen LogP contribution in [0.1, 0.15) is 66.7 Å². The number of anilines is 1. The van der Waals surface area contributed by atoms with Crippen LogP contribution in [0.2, 0.25) is 0 Å². The highest BCUT2D eigenvalue weighted by Crippen LogP contribution is 2.35. The molecule has 1 atom stereocenters. The van der Waals surface area contributed by atoms with E-state index >= 15 is 0 Å². The van der Waals surface area contributed by atoms with Crippen LogP contribution < -0.4 is 10.6 Å². The third kappa shape index (κ3) is 5.30. The van der Waals surface area contributed by atoms with Gasteiger partial charge in [-0.05, 0) is 26.7 Å². The Bertz CT molecular complexity index is 1040. The average Bonchev–Trinajstić information content (AvgIpc) is 3.26. The number of nitrogens with zero attached hydrogens (tertiary/aromatic N) is 2. The summed E-state index contributed by atoms with van der Waals surface area (Å²) in [4.78, 5) is 21.4. The number of benzene rings is 1. The van der Waals surface area contributed by atoms with E-state index in [9.17, 15) is 22.4 Å². The van der Waals surface area contributed by atoms with Gasteiger partial charge in [0, 0.05) is 11.6 Å². The van der Waals surface area contributed by atoms with Crippen molar-refractivity contribution in [1.29, 1.82) is 0 Å². The monoisotopic (exact) mass is 482 g/mol. The summed E-state index contributed by atoms with van der Waals surface area (Å²) in [6, 6.07) is 2.87. The number of alkyl halides is 3. The van der Waals surface area contributed by atoms with E-state index in [2.05, 4.69) is 20.6 Å². The standard InChI is InChI=1S/C23H26F4N4O3/c1-11(15-4-3-5-16(20(15)25)21(26)27)28-22-19(23-33-6-7-34-23)17(29-12(2)30-22)10-18(32)31-14-8-13(24)9-14/h3-5,11,13-14,21,23H,6-10H2,1-2H3,(H,31,32)(H,28,29,30)/t11-,13?,14?/m1/s1. The van der Waals surface area contributed by atoms with Crippen molar-refractivity contribution in [3.63, 3.8) is 0 Å². The first-order chi connectivity index (χ1) is 16.2. The molecule has 0 radical (unpaired) electrons. The normalized spacial score (nSPS) is 21.4. The smallest absolute Gasteiger partial charge is 0.266 e. The molecule has 1 aliphatic carbocycles. The molecule has 2 N–H and O–H groups in total. The van der Waals surface area contributed by atoms with Gasteiger partial charge in [0.15, 0.2) is 6.29 Å². The van der Waals surface area contributed by atoms with E-state index in [0.717, 1.165) is 6.07 Å². The first-order valence-electron chi connectivity index (χ1n) is 11.1. The van der Waals surface area contributed by atoms with Crippen LogP contribution in [0, 0.1) is 12.7 Å². The van der Waals surface area contributed by atoms with Crippen LogP contribution in [0.15, 0.2) is 18.2 Å². The van der Waals surface area contributed by atoms with E-state index in [1.807, 2.05) is 0 Å². The SMILES string of the molecule is Cc1nc(CC(=O)NC2CC(F)C2)c(C2OCCO2)c(N[C@H](C)c2cccc(C(F)F)c2F)n1. The highest BCUT2D eigenvalue weighted by molar-refractivity contribution is 5.79. The number of nitrogens with one attached hydrogen (secondary N) is 2. The summed E-state index contributed by atoms with van der Waals surface area (Å²) in [5, 5.41) is 5.84. The minimum absolute atomic E-state index is 0.0401. The van der Waals surface area contributed by atoms with E-state index in [0.29, 0.717) is 30.3 Å². The lowest BCUT2D eigenvalue weighted by atomic mass is 9.90. The lowest BCUT2D eigenvalue weighted by Gasteiger charge is -2.30. The molecule has 7 nitrogen and oxygen atoms in total. The topological polar surface area (TPSA) is 85.4 Å². The number of carbonyl (C=O) groups excluding carboxylic acids is 1. The van der Waals surface area contributed by atoms with Crippen LogP contribution in [0.3, 0.4) is 0 Å². The number of aryl methyl sites for hydroxylation is 1. The van der Waals surface area contributed by atoms with Gasteiger partial charge >= 0.3 is 0 Å². The molecular weight excluding hydrogens is 456 g/mol. The number of hydrogen-bond donors (Lipinski definition) is 2. The Morgan fingerprint density at radius 1 is 1.18 bits per heavy atom.